The van der Waals surface area contributed by atoms with E-state index in [0.717, 1.165) is 0 Å². The van der Waals surface area contributed by atoms with E-state index in [-0.39, 0.29) is 18.4 Å². The van der Waals surface area contributed by atoms with Crippen molar-refractivity contribution in [2.24, 2.45) is 12.8 Å². The summed E-state index contributed by atoms with van der Waals surface area (Å²) >= 11 is 0. The molecular weight excluding hydrogens is 328 g/mol. The summed E-state index contributed by atoms with van der Waals surface area (Å²) in [5.41, 5.74) is 5.64. The summed E-state index contributed by atoms with van der Waals surface area (Å²) in [4.78, 5) is 35.1. The van der Waals surface area contributed by atoms with Crippen LogP contribution in [0.15, 0.2) is 12.3 Å². The molecule has 140 valence electrons. The third-order valence-corrected chi connectivity index (χ3v) is 3.68. The molecule has 0 spiro atoms. The fourth-order valence-electron chi connectivity index (χ4n) is 2.15. The maximum absolute atomic E-state index is 12.1. The van der Waals surface area contributed by atoms with Gasteiger partial charge in [0.2, 0.25) is 11.8 Å². The van der Waals surface area contributed by atoms with Gasteiger partial charge in [-0.1, -0.05) is 0 Å². The van der Waals surface area contributed by atoms with Crippen LogP contribution >= 0.6 is 0 Å². The molecule has 25 heavy (non-hydrogen) atoms. The van der Waals surface area contributed by atoms with E-state index in [1.165, 1.54) is 6.92 Å². The van der Waals surface area contributed by atoms with E-state index in [9.17, 15) is 19.5 Å². The van der Waals surface area contributed by atoms with Crippen LogP contribution in [-0.4, -0.2) is 57.0 Å². The largest absolute Gasteiger partial charge is 0.391 e. The number of amides is 4. The molecule has 0 aliphatic carbocycles. The van der Waals surface area contributed by atoms with Gasteiger partial charge in [0, 0.05) is 25.3 Å². The predicted octanol–water partition coefficient (Wildman–Crippen LogP) is -1.61. The first-order valence-corrected chi connectivity index (χ1v) is 7.92. The highest BCUT2D eigenvalue weighted by molar-refractivity contribution is 5.87. The second kappa shape index (κ2) is 9.02. The van der Waals surface area contributed by atoms with Gasteiger partial charge < -0.3 is 26.8 Å². The lowest BCUT2D eigenvalue weighted by Crippen LogP contribution is -2.58. The van der Waals surface area contributed by atoms with Crippen molar-refractivity contribution < 1.29 is 19.5 Å². The lowest BCUT2D eigenvalue weighted by Gasteiger charge is -2.26. The van der Waals surface area contributed by atoms with Gasteiger partial charge in [-0.25, -0.2) is 4.79 Å². The number of aryl methyl sites for hydroxylation is 1. The normalized spacial score (nSPS) is 15.6. The van der Waals surface area contributed by atoms with Crippen molar-refractivity contribution in [2.45, 2.75) is 51.4 Å². The Bertz CT molecular complexity index is 615. The van der Waals surface area contributed by atoms with Crippen molar-refractivity contribution in [1.82, 2.24) is 25.7 Å². The van der Waals surface area contributed by atoms with Gasteiger partial charge >= 0.3 is 6.03 Å². The summed E-state index contributed by atoms with van der Waals surface area (Å²) in [6.07, 6.45) is 0.760. The minimum atomic E-state index is -1.17. The SMILES string of the molecule is CC(O)C(NC(N)=O)C(=O)NC(C)C(C)NC(=O)Cc1ccn(C)n1. The Hall–Kier alpha value is -2.62. The Balaban J connectivity index is 2.54. The van der Waals surface area contributed by atoms with E-state index in [1.807, 2.05) is 0 Å². The predicted molar refractivity (Wildman–Crippen MR) is 90.3 cm³/mol. The van der Waals surface area contributed by atoms with Crippen molar-refractivity contribution >= 4 is 17.8 Å². The van der Waals surface area contributed by atoms with Gasteiger partial charge in [0.15, 0.2) is 0 Å². The Morgan fingerprint density at radius 3 is 2.28 bits per heavy atom. The van der Waals surface area contributed by atoms with Gasteiger partial charge in [-0.05, 0) is 26.8 Å². The number of nitrogens with zero attached hydrogens (tertiary/aromatic N) is 2. The highest BCUT2D eigenvalue weighted by Gasteiger charge is 2.27. The van der Waals surface area contributed by atoms with E-state index in [0.29, 0.717) is 5.69 Å². The number of primary amides is 1. The van der Waals surface area contributed by atoms with Crippen LogP contribution in [0, 0.1) is 0 Å². The van der Waals surface area contributed by atoms with Crippen LogP contribution in [0.1, 0.15) is 26.5 Å². The molecule has 1 rings (SSSR count). The maximum atomic E-state index is 12.1. The molecule has 0 aliphatic heterocycles. The van der Waals surface area contributed by atoms with Crippen molar-refractivity contribution in [3.8, 4) is 0 Å². The molecule has 0 fully saturated rings. The molecule has 1 aromatic rings. The average molecular weight is 354 g/mol. The number of carbonyl (C=O) groups is 3. The molecular formula is C15H26N6O4. The highest BCUT2D eigenvalue weighted by atomic mass is 16.3. The number of nitrogens with one attached hydrogen (secondary N) is 3. The average Bonchev–Trinajstić information content (AvgIpc) is 2.88. The third-order valence-electron chi connectivity index (χ3n) is 3.68. The second-order valence-corrected chi connectivity index (χ2v) is 6.04. The molecule has 0 aliphatic rings. The molecule has 10 nitrogen and oxygen atoms in total. The molecule has 4 atom stereocenters. The van der Waals surface area contributed by atoms with Crippen LogP contribution in [0.25, 0.3) is 0 Å². The lowest BCUT2D eigenvalue weighted by molar-refractivity contribution is -0.127. The quantitative estimate of drug-likeness (QED) is 0.380. The number of aromatic nitrogens is 2. The van der Waals surface area contributed by atoms with Gasteiger partial charge in [-0.3, -0.25) is 14.3 Å². The first-order valence-electron chi connectivity index (χ1n) is 7.92. The molecule has 0 saturated heterocycles. The van der Waals surface area contributed by atoms with Crippen LogP contribution in [0.4, 0.5) is 4.79 Å². The van der Waals surface area contributed by atoms with Crippen LogP contribution in [0.5, 0.6) is 0 Å². The fourth-order valence-corrected chi connectivity index (χ4v) is 2.15. The number of hydrogen-bond acceptors (Lipinski definition) is 5. The van der Waals surface area contributed by atoms with Gasteiger partial charge in [0.1, 0.15) is 6.04 Å². The minimum Gasteiger partial charge on any atom is -0.391 e. The Labute approximate surface area is 146 Å². The van der Waals surface area contributed by atoms with Crippen LogP contribution in [0.3, 0.4) is 0 Å². The van der Waals surface area contributed by atoms with Gasteiger partial charge in [-0.15, -0.1) is 0 Å². The molecule has 10 heteroatoms. The number of rotatable bonds is 8. The monoisotopic (exact) mass is 354 g/mol. The van der Waals surface area contributed by atoms with E-state index < -0.39 is 30.1 Å². The van der Waals surface area contributed by atoms with Crippen molar-refractivity contribution in [3.63, 3.8) is 0 Å². The number of carbonyl (C=O) groups excluding carboxylic acids is 3. The highest BCUT2D eigenvalue weighted by Crippen LogP contribution is 2.00. The van der Waals surface area contributed by atoms with E-state index in [1.54, 1.807) is 37.8 Å². The number of urea groups is 1. The zero-order valence-corrected chi connectivity index (χ0v) is 14.8. The van der Waals surface area contributed by atoms with E-state index in [2.05, 4.69) is 21.0 Å². The molecule has 6 N–H and O–H groups in total. The molecule has 0 radical (unpaired) electrons. The summed E-state index contributed by atoms with van der Waals surface area (Å²) in [5.74, 6) is -0.818. The molecule has 0 saturated carbocycles. The fraction of sp³-hybridized carbons (Fsp3) is 0.600. The minimum absolute atomic E-state index is 0.130. The molecule has 0 bridgehead atoms. The Morgan fingerprint density at radius 1 is 1.20 bits per heavy atom. The standard InChI is InChI=1S/C15H26N6O4/c1-8(17-12(23)7-11-5-6-21(4)20-11)9(2)18-14(24)13(10(3)22)19-15(16)25/h5-6,8-10,13,22H,7H2,1-4H3,(H,17,23)(H,18,24)(H3,16,19,25). The molecule has 1 heterocycles. The number of aliphatic hydroxyl groups is 1. The van der Waals surface area contributed by atoms with Crippen molar-refractivity contribution in [2.75, 3.05) is 0 Å². The van der Waals surface area contributed by atoms with Gasteiger partial charge in [0.25, 0.3) is 0 Å². The summed E-state index contributed by atoms with van der Waals surface area (Å²) < 4.78 is 1.61. The number of hydrogen-bond donors (Lipinski definition) is 5. The first-order chi connectivity index (χ1) is 11.6. The number of nitrogens with two attached hydrogens (primary N) is 1. The van der Waals surface area contributed by atoms with E-state index in [4.69, 9.17) is 5.73 Å². The zero-order chi connectivity index (χ0) is 19.1. The molecule has 0 aromatic carbocycles. The van der Waals surface area contributed by atoms with Crippen LogP contribution in [0.2, 0.25) is 0 Å². The lowest BCUT2D eigenvalue weighted by atomic mass is 10.1. The Kier molecular flexibility index (Phi) is 7.37. The van der Waals surface area contributed by atoms with E-state index >= 15 is 0 Å². The van der Waals surface area contributed by atoms with Crippen molar-refractivity contribution in [3.05, 3.63) is 18.0 Å². The van der Waals surface area contributed by atoms with Gasteiger partial charge in [0.05, 0.1) is 18.2 Å². The van der Waals surface area contributed by atoms with Crippen LogP contribution < -0.4 is 21.7 Å². The molecule has 4 unspecified atom stereocenters. The molecule has 4 amide bonds. The van der Waals surface area contributed by atoms with Gasteiger partial charge in [-0.2, -0.15) is 5.10 Å². The zero-order valence-electron chi connectivity index (χ0n) is 14.8. The number of aliphatic hydroxyl groups excluding tert-OH is 1. The smallest absolute Gasteiger partial charge is 0.312 e. The first kappa shape index (κ1) is 20.4. The van der Waals surface area contributed by atoms with Crippen LogP contribution in [-0.2, 0) is 23.1 Å². The maximum Gasteiger partial charge on any atom is 0.312 e. The topological polar surface area (TPSA) is 151 Å². The van der Waals surface area contributed by atoms with Crippen molar-refractivity contribution in [1.29, 1.82) is 0 Å². The molecule has 1 aromatic heterocycles. The summed E-state index contributed by atoms with van der Waals surface area (Å²) in [6, 6.07) is -1.14. The third kappa shape index (κ3) is 6.79. The summed E-state index contributed by atoms with van der Waals surface area (Å²) in [7, 11) is 1.76. The summed E-state index contributed by atoms with van der Waals surface area (Å²) in [6.45, 7) is 4.80. The summed E-state index contributed by atoms with van der Waals surface area (Å²) in [5, 5.41) is 21.3. The Morgan fingerprint density at radius 2 is 1.80 bits per heavy atom. The second-order valence-electron chi connectivity index (χ2n) is 6.04.